The number of rotatable bonds is 12. The Labute approximate surface area is 220 Å². The van der Waals surface area contributed by atoms with Gasteiger partial charge in [0.05, 0.1) is 0 Å². The minimum atomic E-state index is -1.38. The summed E-state index contributed by atoms with van der Waals surface area (Å²) in [6.45, 7) is 0.633. The molecule has 4 rings (SSSR count). The van der Waals surface area contributed by atoms with Crippen molar-refractivity contribution >= 4 is 22.7 Å². The number of H-pyrrole nitrogens is 1. The number of fused-ring (bicyclic) bond motifs is 1. The Morgan fingerprint density at radius 2 is 1.76 bits per heavy atom. The minimum Gasteiger partial charge on any atom is -0.382 e. The molecule has 1 saturated carbocycles. The molecule has 0 spiro atoms. The van der Waals surface area contributed by atoms with Crippen molar-refractivity contribution in [2.75, 3.05) is 13.1 Å². The molecule has 3 unspecified atom stereocenters. The molecule has 2 aromatic carbocycles. The van der Waals surface area contributed by atoms with Crippen molar-refractivity contribution in [1.82, 2.24) is 15.6 Å². The third-order valence-electron chi connectivity index (χ3n) is 7.45. The minimum absolute atomic E-state index is 0.0366. The van der Waals surface area contributed by atoms with E-state index in [1.54, 1.807) is 0 Å². The van der Waals surface area contributed by atoms with Crippen molar-refractivity contribution < 1.29 is 23.5 Å². The summed E-state index contributed by atoms with van der Waals surface area (Å²) in [7, 11) is 0. The quantitative estimate of drug-likeness (QED) is 0.213. The molecule has 0 saturated heterocycles. The number of para-hydroxylation sites is 1. The summed E-state index contributed by atoms with van der Waals surface area (Å²) in [6.07, 6.45) is 3.37. The maximum atomic E-state index is 13.9. The SMILES string of the molecule is NC(CC(=O)NCC1(CNC(=O)C(O)C(N)Cc2c[nH]c3ccccc23)CCC1)Cc1cc(F)ccc1F. The van der Waals surface area contributed by atoms with Gasteiger partial charge in [0.15, 0.2) is 0 Å². The van der Waals surface area contributed by atoms with Gasteiger partial charge in [-0.25, -0.2) is 8.78 Å². The molecule has 8 nitrogen and oxygen atoms in total. The van der Waals surface area contributed by atoms with E-state index in [9.17, 15) is 23.5 Å². The molecule has 2 amide bonds. The van der Waals surface area contributed by atoms with Gasteiger partial charge in [-0.2, -0.15) is 0 Å². The third-order valence-corrected chi connectivity index (χ3v) is 7.45. The van der Waals surface area contributed by atoms with E-state index in [0.717, 1.165) is 53.9 Å². The molecule has 204 valence electrons. The van der Waals surface area contributed by atoms with Gasteiger partial charge in [0.25, 0.3) is 0 Å². The highest BCUT2D eigenvalue weighted by atomic mass is 19.1. The summed E-state index contributed by atoms with van der Waals surface area (Å²) in [4.78, 5) is 28.3. The summed E-state index contributed by atoms with van der Waals surface area (Å²) in [5.74, 6) is -1.97. The Hall–Kier alpha value is -3.34. The van der Waals surface area contributed by atoms with Crippen LogP contribution in [0, 0.1) is 17.0 Å². The molecule has 1 heterocycles. The number of carbonyl (C=O) groups is 2. The zero-order valence-electron chi connectivity index (χ0n) is 21.2. The zero-order valence-corrected chi connectivity index (χ0v) is 21.2. The molecule has 38 heavy (non-hydrogen) atoms. The number of hydrogen-bond donors (Lipinski definition) is 6. The second kappa shape index (κ2) is 12.0. The Morgan fingerprint density at radius 3 is 2.50 bits per heavy atom. The van der Waals surface area contributed by atoms with Gasteiger partial charge in [0, 0.05) is 54.1 Å². The van der Waals surface area contributed by atoms with Gasteiger partial charge >= 0.3 is 0 Å². The van der Waals surface area contributed by atoms with Crippen LogP contribution in [0.3, 0.4) is 0 Å². The summed E-state index contributed by atoms with van der Waals surface area (Å²) in [5, 5.41) is 17.2. The van der Waals surface area contributed by atoms with Crippen molar-refractivity contribution in [2.45, 2.75) is 56.7 Å². The molecular weight excluding hydrogens is 492 g/mol. The first-order valence-corrected chi connectivity index (χ1v) is 12.9. The molecule has 1 aromatic heterocycles. The van der Waals surface area contributed by atoms with Crippen molar-refractivity contribution in [1.29, 1.82) is 0 Å². The van der Waals surface area contributed by atoms with Gasteiger partial charge in [0.1, 0.15) is 17.7 Å². The van der Waals surface area contributed by atoms with E-state index in [4.69, 9.17) is 11.5 Å². The average Bonchev–Trinajstić information content (AvgIpc) is 3.27. The van der Waals surface area contributed by atoms with Crippen molar-refractivity contribution in [2.24, 2.45) is 16.9 Å². The Bertz CT molecular complexity index is 1280. The van der Waals surface area contributed by atoms with E-state index in [0.29, 0.717) is 19.5 Å². The largest absolute Gasteiger partial charge is 0.382 e. The highest BCUT2D eigenvalue weighted by Gasteiger charge is 2.38. The monoisotopic (exact) mass is 527 g/mol. The molecular formula is C28H35F2N5O3. The summed E-state index contributed by atoms with van der Waals surface area (Å²) >= 11 is 0. The molecule has 0 radical (unpaired) electrons. The fourth-order valence-electron chi connectivity index (χ4n) is 4.98. The van der Waals surface area contributed by atoms with Crippen LogP contribution in [-0.2, 0) is 22.4 Å². The van der Waals surface area contributed by atoms with Gasteiger partial charge in [-0.15, -0.1) is 0 Å². The van der Waals surface area contributed by atoms with Crippen LogP contribution in [0.4, 0.5) is 8.78 Å². The van der Waals surface area contributed by atoms with Crippen LogP contribution in [0.15, 0.2) is 48.7 Å². The fraction of sp³-hybridized carbons (Fsp3) is 0.429. The number of benzene rings is 2. The van der Waals surface area contributed by atoms with Crippen LogP contribution in [0.1, 0.15) is 36.8 Å². The standard InChI is InChI=1S/C28H35F2N5O3/c29-19-6-7-22(30)17(10-19)11-20(31)13-25(36)34-15-28(8-3-9-28)16-35-27(38)26(37)23(32)12-18-14-33-24-5-2-1-4-21(18)24/h1-2,4-7,10,14,20,23,26,33,37H,3,8-9,11-13,15-16,31-32H2,(H,34,36)(H,35,38). The van der Waals surface area contributed by atoms with Gasteiger partial charge in [-0.3, -0.25) is 9.59 Å². The third kappa shape index (κ3) is 6.75. The number of hydrogen-bond acceptors (Lipinski definition) is 5. The number of nitrogens with one attached hydrogen (secondary N) is 3. The maximum Gasteiger partial charge on any atom is 0.250 e. The lowest BCUT2D eigenvalue weighted by atomic mass is 9.68. The molecule has 0 aliphatic heterocycles. The second-order valence-corrected chi connectivity index (χ2v) is 10.4. The molecule has 3 atom stereocenters. The number of aliphatic hydroxyl groups is 1. The van der Waals surface area contributed by atoms with Gasteiger partial charge in [0.2, 0.25) is 11.8 Å². The van der Waals surface area contributed by atoms with E-state index >= 15 is 0 Å². The van der Waals surface area contributed by atoms with Crippen LogP contribution in [-0.4, -0.2) is 53.2 Å². The van der Waals surface area contributed by atoms with Crippen LogP contribution in [0.2, 0.25) is 0 Å². The first-order valence-electron chi connectivity index (χ1n) is 12.9. The predicted octanol–water partition coefficient (Wildman–Crippen LogP) is 2.04. The molecule has 10 heteroatoms. The fourth-order valence-corrected chi connectivity index (χ4v) is 4.98. The van der Waals surface area contributed by atoms with E-state index in [1.165, 1.54) is 0 Å². The predicted molar refractivity (Wildman–Crippen MR) is 141 cm³/mol. The smallest absolute Gasteiger partial charge is 0.250 e. The highest BCUT2D eigenvalue weighted by molar-refractivity contribution is 5.84. The normalized spacial score (nSPS) is 16.9. The topological polar surface area (TPSA) is 146 Å². The van der Waals surface area contributed by atoms with Crippen molar-refractivity contribution in [3.63, 3.8) is 0 Å². The van der Waals surface area contributed by atoms with Gasteiger partial charge < -0.3 is 32.2 Å². The molecule has 8 N–H and O–H groups in total. The maximum absolute atomic E-state index is 13.9. The summed E-state index contributed by atoms with van der Waals surface area (Å²) in [5.41, 5.74) is 13.9. The number of carbonyl (C=O) groups excluding carboxylic acids is 2. The molecule has 1 fully saturated rings. The van der Waals surface area contributed by atoms with Crippen molar-refractivity contribution in [3.05, 3.63) is 71.4 Å². The molecule has 1 aliphatic rings. The van der Waals surface area contributed by atoms with Crippen LogP contribution < -0.4 is 22.1 Å². The number of halogens is 2. The molecule has 1 aliphatic carbocycles. The van der Waals surface area contributed by atoms with E-state index in [1.807, 2.05) is 30.5 Å². The molecule has 0 bridgehead atoms. The zero-order chi connectivity index (χ0) is 27.3. The highest BCUT2D eigenvalue weighted by Crippen LogP contribution is 2.39. The number of aliphatic hydroxyl groups excluding tert-OH is 1. The van der Waals surface area contributed by atoms with Crippen molar-refractivity contribution in [3.8, 4) is 0 Å². The lowest BCUT2D eigenvalue weighted by Gasteiger charge is -2.42. The molecule has 3 aromatic rings. The average molecular weight is 528 g/mol. The second-order valence-electron chi connectivity index (χ2n) is 10.4. The van der Waals surface area contributed by atoms with E-state index in [-0.39, 0.29) is 29.7 Å². The first kappa shape index (κ1) is 27.7. The van der Waals surface area contributed by atoms with Crippen LogP contribution in [0.5, 0.6) is 0 Å². The van der Waals surface area contributed by atoms with Crippen LogP contribution in [0.25, 0.3) is 10.9 Å². The summed E-state index contributed by atoms with van der Waals surface area (Å²) < 4.78 is 27.2. The number of nitrogens with two attached hydrogens (primary N) is 2. The van der Waals surface area contributed by atoms with Gasteiger partial charge in [-0.1, -0.05) is 24.6 Å². The lowest BCUT2D eigenvalue weighted by Crippen LogP contribution is -2.53. The first-order chi connectivity index (χ1) is 18.2. The Morgan fingerprint density at radius 1 is 1.03 bits per heavy atom. The number of aromatic nitrogens is 1. The Kier molecular flexibility index (Phi) is 8.76. The lowest BCUT2D eigenvalue weighted by molar-refractivity contribution is -0.131. The Balaban J connectivity index is 1.23. The number of aromatic amines is 1. The van der Waals surface area contributed by atoms with E-state index < -0.39 is 35.7 Å². The summed E-state index contributed by atoms with van der Waals surface area (Å²) in [6, 6.07) is 9.45. The van der Waals surface area contributed by atoms with Gasteiger partial charge in [-0.05, 0) is 61.1 Å². The number of amides is 2. The van der Waals surface area contributed by atoms with Crippen LogP contribution >= 0.6 is 0 Å². The van der Waals surface area contributed by atoms with E-state index in [2.05, 4.69) is 15.6 Å².